The number of hydrogen-bond acceptors (Lipinski definition) is 7. The summed E-state index contributed by atoms with van der Waals surface area (Å²) in [5.74, 6) is 3.39. The fourth-order valence-corrected chi connectivity index (χ4v) is 5.41. The molecule has 1 aromatic carbocycles. The van der Waals surface area contributed by atoms with Gasteiger partial charge in [-0.05, 0) is 75.3 Å². The molecule has 210 valence electrons. The van der Waals surface area contributed by atoms with Gasteiger partial charge in [-0.25, -0.2) is 19.7 Å². The number of aliphatic hydroxyl groups is 1. The Morgan fingerprint density at radius 3 is 2.61 bits per heavy atom. The number of nitrogens with one attached hydrogen (secondary N) is 2. The molecule has 1 saturated carbocycles. The van der Waals surface area contributed by atoms with Gasteiger partial charge in [0.1, 0.15) is 16.9 Å². The summed E-state index contributed by atoms with van der Waals surface area (Å²) in [6, 6.07) is 10.7. The molecule has 0 bridgehead atoms. The molecular formula is C30H30ClN7O3. The number of terminal acetylenes is 1. The van der Waals surface area contributed by atoms with Crippen molar-refractivity contribution < 1.29 is 15.0 Å². The molecule has 11 heteroatoms. The molecule has 3 heterocycles. The highest BCUT2D eigenvalue weighted by molar-refractivity contribution is 6.30. The van der Waals surface area contributed by atoms with Crippen LogP contribution in [0.15, 0.2) is 42.6 Å². The highest BCUT2D eigenvalue weighted by Crippen LogP contribution is 2.36. The van der Waals surface area contributed by atoms with Gasteiger partial charge in [0.25, 0.3) is 0 Å². The normalized spacial score (nSPS) is 17.2. The maximum absolute atomic E-state index is 11.3. The molecule has 0 aliphatic heterocycles. The van der Waals surface area contributed by atoms with Crippen molar-refractivity contribution in [3.05, 3.63) is 59.0 Å². The van der Waals surface area contributed by atoms with Gasteiger partial charge in [0, 0.05) is 29.2 Å². The Morgan fingerprint density at radius 2 is 1.95 bits per heavy atom. The first-order valence-electron chi connectivity index (χ1n) is 13.3. The number of halogens is 1. The molecular weight excluding hydrogens is 542 g/mol. The number of amidine groups is 1. The van der Waals surface area contributed by atoms with Crippen LogP contribution in [0.4, 0.5) is 4.79 Å². The smallest absolute Gasteiger partial charge is 0.410 e. The van der Waals surface area contributed by atoms with Gasteiger partial charge in [0.05, 0.1) is 5.60 Å². The van der Waals surface area contributed by atoms with Gasteiger partial charge in [0.15, 0.2) is 23.1 Å². The minimum atomic E-state index is -1.40. The molecule has 41 heavy (non-hydrogen) atoms. The highest BCUT2D eigenvalue weighted by atomic mass is 35.5. The fraction of sp³-hybridized carbons (Fsp3) is 0.333. The second kappa shape index (κ2) is 11.3. The number of carbonyl (C=O) groups is 1. The summed E-state index contributed by atoms with van der Waals surface area (Å²) in [7, 11) is 0. The molecule has 1 fully saturated rings. The molecule has 4 aromatic rings. The molecule has 0 spiro atoms. The molecule has 3 aromatic heterocycles. The number of nitrogens with zero attached hydrogens (tertiary/aromatic N) is 5. The van der Waals surface area contributed by atoms with Crippen LogP contribution >= 0.6 is 11.6 Å². The van der Waals surface area contributed by atoms with Crippen molar-refractivity contribution in [3.8, 4) is 35.1 Å². The van der Waals surface area contributed by atoms with Gasteiger partial charge in [0.2, 0.25) is 0 Å². The Bertz CT molecular complexity index is 1680. The minimum Gasteiger partial charge on any atom is -0.465 e. The van der Waals surface area contributed by atoms with Crippen molar-refractivity contribution in [3.63, 3.8) is 0 Å². The Hall–Kier alpha value is -4.33. The highest BCUT2D eigenvalue weighted by Gasteiger charge is 2.27. The first-order valence-corrected chi connectivity index (χ1v) is 13.7. The van der Waals surface area contributed by atoms with Gasteiger partial charge in [-0.15, -0.1) is 12.3 Å². The van der Waals surface area contributed by atoms with Crippen LogP contribution in [0.5, 0.6) is 0 Å². The first kappa shape index (κ1) is 28.2. The molecule has 1 aliphatic carbocycles. The molecule has 10 nitrogen and oxygen atoms in total. The van der Waals surface area contributed by atoms with Crippen LogP contribution < -0.4 is 5.32 Å². The third-order valence-electron chi connectivity index (χ3n) is 7.38. The van der Waals surface area contributed by atoms with Crippen molar-refractivity contribution in [2.75, 3.05) is 0 Å². The van der Waals surface area contributed by atoms with E-state index in [1.54, 1.807) is 50.4 Å². The number of carboxylic acid groups (broad SMARTS) is 1. The number of fused-ring (bicyclic) bond motifs is 1. The SMILES string of the molecule is C#C[C@H]1CC[C@H](Cn2c(-c3cc(C(C)(C)O)ccn3)nc3nc(C(=N)NC(=O)O)nc(-c4cccc(Cl)c4)c32)CC1. The maximum atomic E-state index is 11.3. The van der Waals surface area contributed by atoms with Gasteiger partial charge >= 0.3 is 6.09 Å². The summed E-state index contributed by atoms with van der Waals surface area (Å²) < 4.78 is 2.04. The van der Waals surface area contributed by atoms with E-state index in [2.05, 4.69) is 20.9 Å². The molecule has 0 atom stereocenters. The predicted octanol–water partition coefficient (Wildman–Crippen LogP) is 5.47. The van der Waals surface area contributed by atoms with Gasteiger partial charge in [-0.3, -0.25) is 15.7 Å². The number of benzene rings is 1. The fourth-order valence-electron chi connectivity index (χ4n) is 5.22. The van der Waals surface area contributed by atoms with Crippen LogP contribution in [0.25, 0.3) is 33.9 Å². The average Bonchev–Trinajstić information content (AvgIpc) is 3.30. The lowest BCUT2D eigenvalue weighted by atomic mass is 9.82. The predicted molar refractivity (Wildman–Crippen MR) is 157 cm³/mol. The van der Waals surface area contributed by atoms with E-state index >= 15 is 0 Å². The molecule has 1 amide bonds. The van der Waals surface area contributed by atoms with Crippen LogP contribution in [-0.2, 0) is 12.1 Å². The van der Waals surface area contributed by atoms with Gasteiger partial charge in [-0.1, -0.05) is 23.7 Å². The molecule has 1 aliphatic rings. The molecule has 0 saturated heterocycles. The number of rotatable bonds is 6. The van der Waals surface area contributed by atoms with E-state index in [1.165, 1.54) is 0 Å². The van der Waals surface area contributed by atoms with Crippen LogP contribution in [0.2, 0.25) is 5.02 Å². The third-order valence-corrected chi connectivity index (χ3v) is 7.61. The Balaban J connectivity index is 1.76. The minimum absolute atomic E-state index is 0.126. The van der Waals surface area contributed by atoms with Crippen molar-refractivity contribution in [1.82, 2.24) is 29.8 Å². The van der Waals surface area contributed by atoms with Gasteiger partial charge in [-0.2, -0.15) is 0 Å². The zero-order chi connectivity index (χ0) is 29.3. The Morgan fingerprint density at radius 1 is 1.20 bits per heavy atom. The number of hydrogen-bond donors (Lipinski definition) is 4. The van der Waals surface area contributed by atoms with Crippen LogP contribution in [0.3, 0.4) is 0 Å². The average molecular weight is 572 g/mol. The van der Waals surface area contributed by atoms with E-state index in [0.717, 1.165) is 25.7 Å². The lowest BCUT2D eigenvalue weighted by molar-refractivity contribution is 0.0785. The number of amides is 1. The summed E-state index contributed by atoms with van der Waals surface area (Å²) in [6.07, 6.45) is 9.70. The van der Waals surface area contributed by atoms with E-state index in [-0.39, 0.29) is 17.4 Å². The Labute approximate surface area is 242 Å². The van der Waals surface area contributed by atoms with E-state index in [1.807, 2.05) is 16.0 Å². The summed E-state index contributed by atoms with van der Waals surface area (Å²) in [5, 5.41) is 30.7. The summed E-state index contributed by atoms with van der Waals surface area (Å²) >= 11 is 6.35. The van der Waals surface area contributed by atoms with E-state index < -0.39 is 17.5 Å². The zero-order valence-corrected chi connectivity index (χ0v) is 23.5. The molecule has 5 rings (SSSR count). The Kier molecular flexibility index (Phi) is 7.76. The van der Waals surface area contributed by atoms with Crippen molar-refractivity contribution in [1.29, 1.82) is 5.41 Å². The number of pyridine rings is 1. The van der Waals surface area contributed by atoms with Crippen LogP contribution in [-0.4, -0.2) is 46.6 Å². The maximum Gasteiger partial charge on any atom is 0.410 e. The first-order chi connectivity index (χ1) is 19.5. The third kappa shape index (κ3) is 6.06. The molecule has 0 radical (unpaired) electrons. The molecule has 4 N–H and O–H groups in total. The monoisotopic (exact) mass is 571 g/mol. The summed E-state index contributed by atoms with van der Waals surface area (Å²) in [6.45, 7) is 4.00. The van der Waals surface area contributed by atoms with Crippen LogP contribution in [0, 0.1) is 29.6 Å². The second-order valence-corrected chi connectivity index (χ2v) is 11.2. The zero-order valence-electron chi connectivity index (χ0n) is 22.7. The standard InChI is InChI=1S/C30H30ClN7O3/c1-4-17-8-10-18(11-9-17)16-38-24-23(19-6-5-7-21(31)14-19)34-27(25(32)35-29(39)40)36-26(24)37-28(38)22-15-20(12-13-33-22)30(2,3)41/h1,5-7,12-15,17-18,41H,8-11,16H2,2-3H3,(H2,32,35)(H,39,40)/t17-,18-. The van der Waals surface area contributed by atoms with Crippen molar-refractivity contribution in [2.45, 2.75) is 51.7 Å². The second-order valence-electron chi connectivity index (χ2n) is 10.8. The van der Waals surface area contributed by atoms with E-state index in [0.29, 0.717) is 51.3 Å². The van der Waals surface area contributed by atoms with Crippen molar-refractivity contribution in [2.24, 2.45) is 11.8 Å². The molecule has 0 unspecified atom stereocenters. The lowest BCUT2D eigenvalue weighted by Gasteiger charge is -2.27. The quantitative estimate of drug-likeness (QED) is 0.136. The van der Waals surface area contributed by atoms with Crippen LogP contribution in [0.1, 0.15) is 50.9 Å². The largest absolute Gasteiger partial charge is 0.465 e. The topological polar surface area (TPSA) is 150 Å². The van der Waals surface area contributed by atoms with Gasteiger partial charge < -0.3 is 14.8 Å². The van der Waals surface area contributed by atoms with Crippen molar-refractivity contribution >= 4 is 34.7 Å². The lowest BCUT2D eigenvalue weighted by Crippen LogP contribution is -2.30. The van der Waals surface area contributed by atoms with E-state index in [4.69, 9.17) is 28.4 Å². The number of aromatic nitrogens is 5. The summed E-state index contributed by atoms with van der Waals surface area (Å²) in [5.41, 5.74) is 2.13. The number of imidazole rings is 1. The van der Waals surface area contributed by atoms with E-state index in [9.17, 15) is 15.0 Å². The summed E-state index contributed by atoms with van der Waals surface area (Å²) in [4.78, 5) is 29.9.